The molecule has 1 aromatic carbocycles. The Morgan fingerprint density at radius 3 is 1.93 bits per heavy atom. The van der Waals surface area contributed by atoms with Crippen LogP contribution in [0.1, 0.15) is 18.4 Å². The molecule has 2 nitrogen and oxygen atoms in total. The quantitative estimate of drug-likeness (QED) is 0.702. The zero-order valence-corrected chi connectivity index (χ0v) is 9.99. The third-order valence-electron chi connectivity index (χ3n) is 2.59. The molecule has 0 bridgehead atoms. The van der Waals surface area contributed by atoms with Crippen molar-refractivity contribution in [3.05, 3.63) is 29.8 Å². The summed E-state index contributed by atoms with van der Waals surface area (Å²) in [6, 6.07) is 7.96. The van der Waals surface area contributed by atoms with Gasteiger partial charge in [-0.25, -0.2) is 0 Å². The SMILES string of the molecule is CN1CCCC1.COc1ccc(C)cc1. The number of rotatable bonds is 1. The first-order chi connectivity index (χ1) is 7.22. The average Bonchev–Trinajstić information content (AvgIpc) is 2.71. The second-order valence-corrected chi connectivity index (χ2v) is 4.03. The maximum atomic E-state index is 4.97. The highest BCUT2D eigenvalue weighted by Gasteiger charge is 2.03. The number of benzene rings is 1. The number of hydrogen-bond acceptors (Lipinski definition) is 2. The highest BCUT2D eigenvalue weighted by atomic mass is 16.5. The van der Waals surface area contributed by atoms with Gasteiger partial charge in [0.2, 0.25) is 0 Å². The fourth-order valence-electron chi connectivity index (χ4n) is 1.55. The molecule has 0 aromatic heterocycles. The molecule has 1 saturated heterocycles. The highest BCUT2D eigenvalue weighted by Crippen LogP contribution is 2.09. The maximum absolute atomic E-state index is 4.97. The third-order valence-corrected chi connectivity index (χ3v) is 2.59. The highest BCUT2D eigenvalue weighted by molar-refractivity contribution is 5.25. The van der Waals surface area contributed by atoms with Crippen LogP contribution in [0.2, 0.25) is 0 Å². The van der Waals surface area contributed by atoms with E-state index in [0.717, 1.165) is 5.75 Å². The average molecular weight is 207 g/mol. The number of likely N-dealkylation sites (tertiary alicyclic amines) is 1. The van der Waals surface area contributed by atoms with Gasteiger partial charge in [0, 0.05) is 0 Å². The molecule has 15 heavy (non-hydrogen) atoms. The molecule has 84 valence electrons. The molecule has 1 heterocycles. The fraction of sp³-hybridized carbons (Fsp3) is 0.538. The van der Waals surface area contributed by atoms with Gasteiger partial charge in [-0.1, -0.05) is 17.7 Å². The first kappa shape index (κ1) is 12.1. The van der Waals surface area contributed by atoms with E-state index in [1.807, 2.05) is 24.3 Å². The minimum atomic E-state index is 0.917. The first-order valence-corrected chi connectivity index (χ1v) is 5.51. The Labute approximate surface area is 92.9 Å². The van der Waals surface area contributed by atoms with Crippen molar-refractivity contribution in [2.24, 2.45) is 0 Å². The van der Waals surface area contributed by atoms with Crippen molar-refractivity contribution >= 4 is 0 Å². The van der Waals surface area contributed by atoms with Gasteiger partial charge in [0.15, 0.2) is 0 Å². The van der Waals surface area contributed by atoms with Crippen molar-refractivity contribution in [2.75, 3.05) is 27.2 Å². The van der Waals surface area contributed by atoms with Gasteiger partial charge < -0.3 is 9.64 Å². The summed E-state index contributed by atoms with van der Waals surface area (Å²) in [5, 5.41) is 0. The topological polar surface area (TPSA) is 12.5 Å². The van der Waals surface area contributed by atoms with Crippen LogP contribution in [0.4, 0.5) is 0 Å². The molecule has 2 heteroatoms. The molecular weight excluding hydrogens is 186 g/mol. The zero-order chi connectivity index (χ0) is 11.1. The molecule has 0 amide bonds. The number of hydrogen-bond donors (Lipinski definition) is 0. The minimum Gasteiger partial charge on any atom is -0.497 e. The van der Waals surface area contributed by atoms with Crippen molar-refractivity contribution in [3.63, 3.8) is 0 Å². The summed E-state index contributed by atoms with van der Waals surface area (Å²) in [6.45, 7) is 4.69. The van der Waals surface area contributed by atoms with Crippen LogP contribution in [0, 0.1) is 6.92 Å². The second-order valence-electron chi connectivity index (χ2n) is 4.03. The summed E-state index contributed by atoms with van der Waals surface area (Å²) < 4.78 is 4.97. The van der Waals surface area contributed by atoms with Crippen LogP contribution in [0.5, 0.6) is 5.75 Å². The third kappa shape index (κ3) is 4.84. The Morgan fingerprint density at radius 2 is 1.60 bits per heavy atom. The minimum absolute atomic E-state index is 0.917. The lowest BCUT2D eigenvalue weighted by Gasteiger charge is -2.01. The molecule has 2 rings (SSSR count). The molecule has 1 fully saturated rings. The van der Waals surface area contributed by atoms with Gasteiger partial charge in [0.1, 0.15) is 5.75 Å². The molecule has 1 aliphatic rings. The van der Waals surface area contributed by atoms with E-state index in [9.17, 15) is 0 Å². The van der Waals surface area contributed by atoms with Crippen LogP contribution in [0.15, 0.2) is 24.3 Å². The number of ether oxygens (including phenoxy) is 1. The predicted octanol–water partition coefficient (Wildman–Crippen LogP) is 2.72. The lowest BCUT2D eigenvalue weighted by atomic mass is 10.2. The largest absolute Gasteiger partial charge is 0.497 e. The van der Waals surface area contributed by atoms with Crippen LogP contribution < -0.4 is 4.74 Å². The van der Waals surface area contributed by atoms with E-state index in [1.165, 1.54) is 31.5 Å². The van der Waals surface area contributed by atoms with E-state index in [4.69, 9.17) is 4.74 Å². The van der Waals surface area contributed by atoms with E-state index in [-0.39, 0.29) is 0 Å². The summed E-state index contributed by atoms with van der Waals surface area (Å²) in [5.74, 6) is 0.917. The van der Waals surface area contributed by atoms with Crippen molar-refractivity contribution in [1.82, 2.24) is 4.90 Å². The van der Waals surface area contributed by atoms with E-state index in [2.05, 4.69) is 18.9 Å². The Bertz CT molecular complexity index is 262. The normalized spacial score (nSPS) is 15.7. The Balaban J connectivity index is 0.000000162. The number of aryl methyl sites for hydroxylation is 1. The van der Waals surface area contributed by atoms with Crippen LogP contribution >= 0.6 is 0 Å². The van der Waals surface area contributed by atoms with Crippen molar-refractivity contribution in [3.8, 4) is 5.75 Å². The van der Waals surface area contributed by atoms with Gasteiger partial charge in [0.25, 0.3) is 0 Å². The molecule has 0 aliphatic carbocycles. The van der Waals surface area contributed by atoms with Crippen LogP contribution in [0.3, 0.4) is 0 Å². The Hall–Kier alpha value is -1.02. The fourth-order valence-corrected chi connectivity index (χ4v) is 1.55. The summed E-state index contributed by atoms with van der Waals surface area (Å²) >= 11 is 0. The van der Waals surface area contributed by atoms with Crippen molar-refractivity contribution in [1.29, 1.82) is 0 Å². The molecule has 1 aliphatic heterocycles. The molecule has 0 unspecified atom stereocenters. The van der Waals surface area contributed by atoms with Gasteiger partial charge in [-0.05, 0) is 52.0 Å². The zero-order valence-electron chi connectivity index (χ0n) is 9.99. The first-order valence-electron chi connectivity index (χ1n) is 5.51. The lowest BCUT2D eigenvalue weighted by Crippen LogP contribution is -2.10. The molecule has 0 saturated carbocycles. The molecule has 0 atom stereocenters. The van der Waals surface area contributed by atoms with E-state index in [0.29, 0.717) is 0 Å². The number of methoxy groups -OCH3 is 1. The van der Waals surface area contributed by atoms with Gasteiger partial charge in [-0.3, -0.25) is 0 Å². The lowest BCUT2D eigenvalue weighted by molar-refractivity contribution is 0.414. The summed E-state index contributed by atoms with van der Waals surface area (Å²) in [4.78, 5) is 2.36. The molecule has 0 radical (unpaired) electrons. The van der Waals surface area contributed by atoms with Crippen LogP contribution in [-0.2, 0) is 0 Å². The standard InChI is InChI=1S/C8H10O.C5H11N/c1-7-3-5-8(9-2)6-4-7;1-6-4-2-3-5-6/h3-6H,1-2H3;2-5H2,1H3. The maximum Gasteiger partial charge on any atom is 0.118 e. The second kappa shape index (κ2) is 6.46. The predicted molar refractivity (Wildman–Crippen MR) is 64.5 cm³/mol. The summed E-state index contributed by atoms with van der Waals surface area (Å²) in [6.07, 6.45) is 2.83. The van der Waals surface area contributed by atoms with Crippen molar-refractivity contribution in [2.45, 2.75) is 19.8 Å². The van der Waals surface area contributed by atoms with E-state index in [1.54, 1.807) is 7.11 Å². The molecular formula is C13H21NO. The monoisotopic (exact) mass is 207 g/mol. The molecule has 1 aromatic rings. The summed E-state index contributed by atoms with van der Waals surface area (Å²) in [7, 11) is 3.84. The van der Waals surface area contributed by atoms with Crippen LogP contribution in [-0.4, -0.2) is 32.1 Å². The molecule has 0 spiro atoms. The summed E-state index contributed by atoms with van der Waals surface area (Å²) in [5.41, 5.74) is 1.26. The smallest absolute Gasteiger partial charge is 0.118 e. The van der Waals surface area contributed by atoms with Crippen LogP contribution in [0.25, 0.3) is 0 Å². The van der Waals surface area contributed by atoms with Gasteiger partial charge >= 0.3 is 0 Å². The molecule has 0 N–H and O–H groups in total. The van der Waals surface area contributed by atoms with Gasteiger partial charge in [0.05, 0.1) is 7.11 Å². The van der Waals surface area contributed by atoms with Crippen molar-refractivity contribution < 1.29 is 4.74 Å². The Morgan fingerprint density at radius 1 is 1.07 bits per heavy atom. The van der Waals surface area contributed by atoms with Gasteiger partial charge in [-0.15, -0.1) is 0 Å². The van der Waals surface area contributed by atoms with E-state index >= 15 is 0 Å². The Kier molecular flexibility index (Phi) is 5.19. The number of nitrogens with zero attached hydrogens (tertiary/aromatic N) is 1. The van der Waals surface area contributed by atoms with Gasteiger partial charge in [-0.2, -0.15) is 0 Å². The van der Waals surface area contributed by atoms with E-state index < -0.39 is 0 Å².